The zero-order chi connectivity index (χ0) is 8.98. The molecule has 0 bridgehead atoms. The van der Waals surface area contributed by atoms with E-state index in [2.05, 4.69) is 0 Å². The maximum absolute atomic E-state index is 5.74. The fourth-order valence-electron chi connectivity index (χ4n) is 1.93. The van der Waals surface area contributed by atoms with E-state index >= 15 is 0 Å². The number of ether oxygens (including phenoxy) is 3. The van der Waals surface area contributed by atoms with Crippen molar-refractivity contribution in [1.29, 1.82) is 0 Å². The molecule has 2 unspecified atom stereocenters. The molecule has 0 N–H and O–H groups in total. The minimum absolute atomic E-state index is 0.0903. The van der Waals surface area contributed by atoms with E-state index in [1.54, 1.807) is 0 Å². The molecule has 12 heavy (non-hydrogen) atoms. The minimum Gasteiger partial charge on any atom is -0.370 e. The van der Waals surface area contributed by atoms with Gasteiger partial charge in [0.1, 0.15) is 12.2 Å². The van der Waals surface area contributed by atoms with E-state index in [1.807, 2.05) is 27.7 Å². The van der Waals surface area contributed by atoms with Crippen LogP contribution in [0.4, 0.5) is 0 Å². The lowest BCUT2D eigenvalue weighted by Crippen LogP contribution is -2.37. The molecule has 0 saturated carbocycles. The Morgan fingerprint density at radius 2 is 1.75 bits per heavy atom. The average molecular weight is 172 g/mol. The lowest BCUT2D eigenvalue weighted by atomic mass is 10.0. The van der Waals surface area contributed by atoms with Crippen molar-refractivity contribution in [2.45, 2.75) is 51.3 Å². The highest BCUT2D eigenvalue weighted by atomic mass is 16.8. The van der Waals surface area contributed by atoms with Crippen molar-refractivity contribution < 1.29 is 14.2 Å². The second kappa shape index (κ2) is 2.22. The largest absolute Gasteiger partial charge is 0.370 e. The van der Waals surface area contributed by atoms with Crippen LogP contribution >= 0.6 is 0 Å². The van der Waals surface area contributed by atoms with Gasteiger partial charge in [-0.3, -0.25) is 0 Å². The summed E-state index contributed by atoms with van der Waals surface area (Å²) >= 11 is 0. The third-order valence-corrected chi connectivity index (χ3v) is 2.49. The first-order valence-electron chi connectivity index (χ1n) is 4.40. The Hall–Kier alpha value is -0.120. The Morgan fingerprint density at radius 3 is 2.33 bits per heavy atom. The van der Waals surface area contributed by atoms with E-state index in [0.717, 1.165) is 0 Å². The third-order valence-electron chi connectivity index (χ3n) is 2.49. The Morgan fingerprint density at radius 1 is 1.08 bits per heavy atom. The maximum atomic E-state index is 5.74. The summed E-state index contributed by atoms with van der Waals surface area (Å²) in [4.78, 5) is 0. The van der Waals surface area contributed by atoms with Crippen molar-refractivity contribution in [2.75, 3.05) is 6.61 Å². The monoisotopic (exact) mass is 172 g/mol. The van der Waals surface area contributed by atoms with Gasteiger partial charge in [-0.15, -0.1) is 0 Å². The Kier molecular flexibility index (Phi) is 1.57. The summed E-state index contributed by atoms with van der Waals surface area (Å²) in [6.45, 7) is 8.63. The molecule has 0 spiro atoms. The zero-order valence-electron chi connectivity index (χ0n) is 8.09. The van der Waals surface area contributed by atoms with Crippen LogP contribution in [-0.4, -0.2) is 30.2 Å². The summed E-state index contributed by atoms with van der Waals surface area (Å²) in [5.41, 5.74) is -0.196. The first kappa shape index (κ1) is 8.48. The van der Waals surface area contributed by atoms with Gasteiger partial charge < -0.3 is 14.2 Å². The van der Waals surface area contributed by atoms with Crippen molar-refractivity contribution in [2.24, 2.45) is 0 Å². The lowest BCUT2D eigenvalue weighted by molar-refractivity contribution is -0.188. The van der Waals surface area contributed by atoms with Crippen molar-refractivity contribution >= 4 is 0 Å². The first-order chi connectivity index (χ1) is 5.41. The molecule has 0 aromatic rings. The fraction of sp³-hybridized carbons (Fsp3) is 1.00. The van der Waals surface area contributed by atoms with E-state index < -0.39 is 5.79 Å². The SMILES string of the molecule is CC1(C)OC2COC(C)(C)C2O1. The summed E-state index contributed by atoms with van der Waals surface area (Å²) in [5.74, 6) is -0.434. The molecule has 2 heterocycles. The number of fused-ring (bicyclic) bond motifs is 1. The van der Waals surface area contributed by atoms with Gasteiger partial charge in [0.2, 0.25) is 0 Å². The molecule has 0 aliphatic carbocycles. The van der Waals surface area contributed by atoms with Gasteiger partial charge in [0.05, 0.1) is 12.2 Å². The fourth-order valence-corrected chi connectivity index (χ4v) is 1.93. The zero-order valence-corrected chi connectivity index (χ0v) is 8.09. The van der Waals surface area contributed by atoms with Crippen LogP contribution in [0.25, 0.3) is 0 Å². The van der Waals surface area contributed by atoms with E-state index in [9.17, 15) is 0 Å². The molecule has 2 rings (SSSR count). The van der Waals surface area contributed by atoms with Gasteiger partial charge in [-0.2, -0.15) is 0 Å². The van der Waals surface area contributed by atoms with Crippen molar-refractivity contribution in [3.8, 4) is 0 Å². The highest BCUT2D eigenvalue weighted by Gasteiger charge is 2.53. The third kappa shape index (κ3) is 1.16. The smallest absolute Gasteiger partial charge is 0.164 e. The molecule has 0 aromatic heterocycles. The Balaban J connectivity index is 2.17. The number of rotatable bonds is 0. The molecule has 3 heteroatoms. The second-order valence-electron chi connectivity index (χ2n) is 4.51. The molecule has 0 amide bonds. The molecule has 2 saturated heterocycles. The molecule has 0 radical (unpaired) electrons. The second-order valence-corrected chi connectivity index (χ2v) is 4.51. The lowest BCUT2D eigenvalue weighted by Gasteiger charge is -2.26. The Labute approximate surface area is 73.0 Å². The van der Waals surface area contributed by atoms with Crippen LogP contribution in [0, 0.1) is 0 Å². The summed E-state index contributed by atoms with van der Waals surface area (Å²) < 4.78 is 17.0. The summed E-state index contributed by atoms with van der Waals surface area (Å²) in [7, 11) is 0. The van der Waals surface area contributed by atoms with Crippen molar-refractivity contribution in [1.82, 2.24) is 0 Å². The van der Waals surface area contributed by atoms with Gasteiger partial charge in [-0.1, -0.05) is 0 Å². The summed E-state index contributed by atoms with van der Waals surface area (Å²) in [5, 5.41) is 0. The van der Waals surface area contributed by atoms with Crippen LogP contribution in [-0.2, 0) is 14.2 Å². The number of hydrogen-bond donors (Lipinski definition) is 0. The first-order valence-corrected chi connectivity index (χ1v) is 4.40. The molecule has 2 fully saturated rings. The summed E-state index contributed by atoms with van der Waals surface area (Å²) in [6.07, 6.45) is 0.211. The molecular formula is C9H16O3. The Bertz CT molecular complexity index is 198. The molecule has 0 aromatic carbocycles. The summed E-state index contributed by atoms with van der Waals surface area (Å²) in [6, 6.07) is 0. The van der Waals surface area contributed by atoms with E-state index in [4.69, 9.17) is 14.2 Å². The topological polar surface area (TPSA) is 27.7 Å². The van der Waals surface area contributed by atoms with Crippen molar-refractivity contribution in [3.63, 3.8) is 0 Å². The normalized spacial score (nSPS) is 43.0. The van der Waals surface area contributed by atoms with Gasteiger partial charge >= 0.3 is 0 Å². The average Bonchev–Trinajstić information content (AvgIpc) is 2.31. The number of hydrogen-bond acceptors (Lipinski definition) is 3. The standard InChI is InChI=1S/C9H16O3/c1-8(2)7-6(5-10-8)11-9(3,4)12-7/h6-7H,5H2,1-4H3. The van der Waals surface area contributed by atoms with Crippen molar-refractivity contribution in [3.05, 3.63) is 0 Å². The molecule has 3 nitrogen and oxygen atoms in total. The predicted octanol–water partition coefficient (Wildman–Crippen LogP) is 1.32. The van der Waals surface area contributed by atoms with Crippen LogP contribution < -0.4 is 0 Å². The van der Waals surface area contributed by atoms with Gasteiger partial charge in [-0.05, 0) is 27.7 Å². The van der Waals surface area contributed by atoms with Gasteiger partial charge in [0.25, 0.3) is 0 Å². The van der Waals surface area contributed by atoms with Gasteiger partial charge in [0, 0.05) is 0 Å². The van der Waals surface area contributed by atoms with Gasteiger partial charge in [-0.25, -0.2) is 0 Å². The minimum atomic E-state index is -0.434. The quantitative estimate of drug-likeness (QED) is 0.551. The van der Waals surface area contributed by atoms with E-state index in [1.165, 1.54) is 0 Å². The maximum Gasteiger partial charge on any atom is 0.164 e. The molecule has 2 atom stereocenters. The molecular weight excluding hydrogens is 156 g/mol. The van der Waals surface area contributed by atoms with Gasteiger partial charge in [0.15, 0.2) is 5.79 Å². The van der Waals surface area contributed by atoms with E-state index in [-0.39, 0.29) is 17.8 Å². The highest BCUT2D eigenvalue weighted by molar-refractivity contribution is 4.97. The van der Waals surface area contributed by atoms with Crippen LogP contribution in [0.3, 0.4) is 0 Å². The molecule has 70 valence electrons. The van der Waals surface area contributed by atoms with E-state index in [0.29, 0.717) is 6.61 Å². The van der Waals surface area contributed by atoms with Crippen LogP contribution in [0.2, 0.25) is 0 Å². The van der Waals surface area contributed by atoms with Crippen LogP contribution in [0.1, 0.15) is 27.7 Å². The van der Waals surface area contributed by atoms with Crippen LogP contribution in [0.15, 0.2) is 0 Å². The molecule has 2 aliphatic rings. The highest BCUT2D eigenvalue weighted by Crippen LogP contribution is 2.40. The predicted molar refractivity (Wildman–Crippen MR) is 43.9 cm³/mol. The molecule has 2 aliphatic heterocycles. The van der Waals surface area contributed by atoms with Crippen LogP contribution in [0.5, 0.6) is 0 Å².